The molecule has 1 aliphatic rings. The maximum absolute atomic E-state index is 11.6. The molecule has 0 spiro atoms. The Bertz CT molecular complexity index is 625. The molecule has 0 saturated carbocycles. The maximum atomic E-state index is 11.6. The van der Waals surface area contributed by atoms with Crippen LogP contribution in [0.15, 0.2) is 12.1 Å². The van der Waals surface area contributed by atoms with E-state index in [0.29, 0.717) is 32.8 Å². The Morgan fingerprint density at radius 2 is 2.08 bits per heavy atom. The molecule has 0 amide bonds. The van der Waals surface area contributed by atoms with E-state index in [4.69, 9.17) is 9.47 Å². The molecule has 2 N–H and O–H groups in total. The van der Waals surface area contributed by atoms with Crippen LogP contribution in [0.2, 0.25) is 0 Å². The second-order valence-electron chi connectivity index (χ2n) is 7.89. The van der Waals surface area contributed by atoms with E-state index in [1.807, 2.05) is 4.90 Å². The van der Waals surface area contributed by atoms with Crippen molar-refractivity contribution in [2.75, 3.05) is 40.0 Å². The lowest BCUT2D eigenvalue weighted by Crippen LogP contribution is -2.54. The highest BCUT2D eigenvalue weighted by Gasteiger charge is 2.29. The van der Waals surface area contributed by atoms with Crippen LogP contribution in [-0.4, -0.2) is 62.0 Å². The van der Waals surface area contributed by atoms with Crippen molar-refractivity contribution in [3.63, 3.8) is 0 Å². The van der Waals surface area contributed by atoms with Gasteiger partial charge >= 0.3 is 5.97 Å². The Morgan fingerprint density at radius 1 is 1.35 bits per heavy atom. The van der Waals surface area contributed by atoms with Gasteiger partial charge < -0.3 is 19.9 Å². The maximum Gasteiger partial charge on any atom is 0.322 e. The number of nitrogens with zero attached hydrogens (tertiary/aromatic N) is 1. The molecule has 0 aliphatic carbocycles. The van der Waals surface area contributed by atoms with Crippen LogP contribution >= 0.6 is 0 Å². The predicted octanol–water partition coefficient (Wildman–Crippen LogP) is 2.18. The van der Waals surface area contributed by atoms with E-state index in [1.54, 1.807) is 7.11 Å². The molecule has 0 unspecified atom stereocenters. The molecule has 2 rings (SSSR count). The zero-order valence-electron chi connectivity index (χ0n) is 16.6. The molecule has 0 bridgehead atoms. The van der Waals surface area contributed by atoms with E-state index in [-0.39, 0.29) is 5.41 Å². The summed E-state index contributed by atoms with van der Waals surface area (Å²) in [5.74, 6) is 0.0299. The largest absolute Gasteiger partial charge is 0.491 e. The van der Waals surface area contributed by atoms with Gasteiger partial charge in [-0.1, -0.05) is 26.8 Å². The number of benzene rings is 1. The molecular formula is C20H32N2O4. The molecule has 1 fully saturated rings. The third kappa shape index (κ3) is 5.19. The number of carboxylic acids is 1. The molecular weight excluding hydrogens is 332 g/mol. The minimum absolute atomic E-state index is 0.0145. The van der Waals surface area contributed by atoms with Crippen molar-refractivity contribution in [1.29, 1.82) is 0 Å². The van der Waals surface area contributed by atoms with Gasteiger partial charge in [-0.15, -0.1) is 0 Å². The van der Waals surface area contributed by atoms with Gasteiger partial charge in [0.1, 0.15) is 18.4 Å². The summed E-state index contributed by atoms with van der Waals surface area (Å²) in [5, 5.41) is 12.7. The second-order valence-corrected chi connectivity index (χ2v) is 7.89. The first kappa shape index (κ1) is 20.7. The number of rotatable bonds is 7. The molecule has 0 radical (unpaired) electrons. The molecule has 6 nitrogen and oxygen atoms in total. The van der Waals surface area contributed by atoms with Gasteiger partial charge in [0.05, 0.1) is 6.61 Å². The van der Waals surface area contributed by atoms with Crippen molar-refractivity contribution < 1.29 is 19.4 Å². The summed E-state index contributed by atoms with van der Waals surface area (Å²) in [6.45, 7) is 12.2. The van der Waals surface area contributed by atoms with Crippen molar-refractivity contribution >= 4 is 5.97 Å². The highest BCUT2D eigenvalue weighted by molar-refractivity contribution is 5.74. The van der Waals surface area contributed by atoms with Gasteiger partial charge in [-0.3, -0.25) is 9.69 Å². The number of methoxy groups -OCH3 is 1. The van der Waals surface area contributed by atoms with E-state index >= 15 is 0 Å². The Balaban J connectivity index is 2.32. The fourth-order valence-electron chi connectivity index (χ4n) is 3.45. The molecule has 0 aromatic heterocycles. The topological polar surface area (TPSA) is 71.0 Å². The highest BCUT2D eigenvalue weighted by atomic mass is 16.5. The molecule has 146 valence electrons. The number of hydrogen-bond donors (Lipinski definition) is 2. The standard InChI is InChI=1S/C20H32N2O4/c1-14-10-15(13-22-7-6-21-12-17(22)19(23)24)18(26-9-8-25-5)11-16(14)20(2,3)4/h10-11,17,21H,6-9,12-13H2,1-5H3,(H,23,24)/t17-/m0/s1. The van der Waals surface area contributed by atoms with E-state index in [9.17, 15) is 9.90 Å². The quantitative estimate of drug-likeness (QED) is 0.723. The summed E-state index contributed by atoms with van der Waals surface area (Å²) < 4.78 is 11.1. The van der Waals surface area contributed by atoms with Crippen molar-refractivity contribution in [1.82, 2.24) is 10.2 Å². The molecule has 6 heteroatoms. The van der Waals surface area contributed by atoms with Crippen molar-refractivity contribution in [2.45, 2.75) is 45.7 Å². The number of aryl methyl sites for hydroxylation is 1. The SMILES string of the molecule is COCCOc1cc(C(C)(C)C)c(C)cc1CN1CCNC[C@H]1C(=O)O. The lowest BCUT2D eigenvalue weighted by atomic mass is 9.83. The summed E-state index contributed by atoms with van der Waals surface area (Å²) >= 11 is 0. The summed E-state index contributed by atoms with van der Waals surface area (Å²) in [5.41, 5.74) is 3.48. The average Bonchev–Trinajstić information content (AvgIpc) is 2.56. The lowest BCUT2D eigenvalue weighted by Gasteiger charge is -2.34. The van der Waals surface area contributed by atoms with Gasteiger partial charge in [0, 0.05) is 38.9 Å². The minimum Gasteiger partial charge on any atom is -0.491 e. The molecule has 1 aromatic rings. The Labute approximate surface area is 156 Å². The zero-order valence-corrected chi connectivity index (χ0v) is 16.6. The first-order valence-corrected chi connectivity index (χ1v) is 9.17. The minimum atomic E-state index is -0.790. The van der Waals surface area contributed by atoms with E-state index in [2.05, 4.69) is 45.1 Å². The molecule has 1 saturated heterocycles. The smallest absolute Gasteiger partial charge is 0.322 e. The number of aliphatic carboxylic acids is 1. The summed E-state index contributed by atoms with van der Waals surface area (Å²) in [6.07, 6.45) is 0. The van der Waals surface area contributed by atoms with Crippen LogP contribution in [0, 0.1) is 6.92 Å². The second kappa shape index (κ2) is 8.84. The Morgan fingerprint density at radius 3 is 2.69 bits per heavy atom. The van der Waals surface area contributed by atoms with Crippen LogP contribution in [0.3, 0.4) is 0 Å². The van der Waals surface area contributed by atoms with Gasteiger partial charge in [0.25, 0.3) is 0 Å². The van der Waals surface area contributed by atoms with Crippen LogP contribution in [-0.2, 0) is 21.5 Å². The monoisotopic (exact) mass is 364 g/mol. The molecule has 1 aromatic carbocycles. The average molecular weight is 364 g/mol. The zero-order chi connectivity index (χ0) is 19.3. The van der Waals surface area contributed by atoms with Crippen LogP contribution in [0.1, 0.15) is 37.5 Å². The van der Waals surface area contributed by atoms with Crippen LogP contribution in [0.4, 0.5) is 0 Å². The van der Waals surface area contributed by atoms with Gasteiger partial charge in [-0.25, -0.2) is 0 Å². The van der Waals surface area contributed by atoms with Crippen LogP contribution in [0.25, 0.3) is 0 Å². The van der Waals surface area contributed by atoms with Crippen molar-refractivity contribution in [2.24, 2.45) is 0 Å². The first-order valence-electron chi connectivity index (χ1n) is 9.17. The number of carbonyl (C=O) groups is 1. The fourth-order valence-corrected chi connectivity index (χ4v) is 3.45. The van der Waals surface area contributed by atoms with Gasteiger partial charge in [-0.2, -0.15) is 0 Å². The van der Waals surface area contributed by atoms with Gasteiger partial charge in [0.2, 0.25) is 0 Å². The number of ether oxygens (including phenoxy) is 2. The van der Waals surface area contributed by atoms with Gasteiger partial charge in [-0.05, 0) is 29.5 Å². The fraction of sp³-hybridized carbons (Fsp3) is 0.650. The number of hydrogen-bond acceptors (Lipinski definition) is 5. The third-order valence-corrected chi connectivity index (χ3v) is 4.77. The number of nitrogens with one attached hydrogen (secondary N) is 1. The third-order valence-electron chi connectivity index (χ3n) is 4.77. The first-order chi connectivity index (χ1) is 12.2. The van der Waals surface area contributed by atoms with E-state index in [1.165, 1.54) is 11.1 Å². The lowest BCUT2D eigenvalue weighted by molar-refractivity contribution is -0.144. The Hall–Kier alpha value is -1.63. The van der Waals surface area contributed by atoms with E-state index in [0.717, 1.165) is 17.9 Å². The molecule has 26 heavy (non-hydrogen) atoms. The number of carboxylic acid groups (broad SMARTS) is 1. The van der Waals surface area contributed by atoms with Crippen molar-refractivity contribution in [3.05, 3.63) is 28.8 Å². The summed E-state index contributed by atoms with van der Waals surface area (Å²) in [6, 6.07) is 3.74. The summed E-state index contributed by atoms with van der Waals surface area (Å²) in [4.78, 5) is 13.6. The Kier molecular flexibility index (Phi) is 7.03. The highest BCUT2D eigenvalue weighted by Crippen LogP contribution is 2.33. The van der Waals surface area contributed by atoms with Crippen LogP contribution in [0.5, 0.6) is 5.75 Å². The normalized spacial score (nSPS) is 18.7. The van der Waals surface area contributed by atoms with E-state index < -0.39 is 12.0 Å². The summed E-state index contributed by atoms with van der Waals surface area (Å²) in [7, 11) is 1.65. The van der Waals surface area contributed by atoms with Gasteiger partial charge in [0.15, 0.2) is 0 Å². The number of piperazine rings is 1. The predicted molar refractivity (Wildman–Crippen MR) is 102 cm³/mol. The molecule has 1 heterocycles. The van der Waals surface area contributed by atoms with Crippen LogP contribution < -0.4 is 10.1 Å². The molecule has 1 aliphatic heterocycles. The van der Waals surface area contributed by atoms with Crippen molar-refractivity contribution in [3.8, 4) is 5.75 Å². The molecule has 1 atom stereocenters.